The molecular weight excluding hydrogens is 304 g/mol. The van der Waals surface area contributed by atoms with Crippen LogP contribution in [-0.4, -0.2) is 53.8 Å². The van der Waals surface area contributed by atoms with Crippen LogP contribution in [0.15, 0.2) is 36.5 Å². The van der Waals surface area contributed by atoms with Gasteiger partial charge in [0.15, 0.2) is 0 Å². The van der Waals surface area contributed by atoms with Crippen molar-refractivity contribution in [2.24, 2.45) is 0 Å². The average molecular weight is 326 g/mol. The van der Waals surface area contributed by atoms with E-state index in [1.807, 2.05) is 35.2 Å². The molecule has 1 N–H and O–H groups in total. The quantitative estimate of drug-likeness (QED) is 0.937. The second kappa shape index (κ2) is 6.65. The van der Waals surface area contributed by atoms with E-state index >= 15 is 0 Å². The van der Waals surface area contributed by atoms with Gasteiger partial charge < -0.3 is 9.64 Å². The number of aromatic nitrogens is 2. The highest BCUT2D eigenvalue weighted by Crippen LogP contribution is 2.31. The molecule has 6 nitrogen and oxygen atoms in total. The number of benzene rings is 1. The van der Waals surface area contributed by atoms with E-state index < -0.39 is 0 Å². The molecule has 1 saturated heterocycles. The monoisotopic (exact) mass is 326 g/mol. The number of carbonyl (C=O) groups excluding carboxylic acids is 1. The van der Waals surface area contributed by atoms with E-state index in [0.717, 1.165) is 37.4 Å². The summed E-state index contributed by atoms with van der Waals surface area (Å²) in [6.45, 7) is 3.51. The first-order valence-corrected chi connectivity index (χ1v) is 8.55. The minimum atomic E-state index is 0.149. The summed E-state index contributed by atoms with van der Waals surface area (Å²) in [5.41, 5.74) is 2.06. The molecule has 1 atom stereocenters. The SMILES string of the molecule is O=C(CN1CCC[C@@H](c2ccn[nH]2)C1)N1CCOc2ccccc21. The number of hydrogen-bond acceptors (Lipinski definition) is 4. The highest BCUT2D eigenvalue weighted by atomic mass is 16.5. The molecule has 126 valence electrons. The minimum Gasteiger partial charge on any atom is -0.490 e. The van der Waals surface area contributed by atoms with Gasteiger partial charge in [0, 0.05) is 24.4 Å². The summed E-state index contributed by atoms with van der Waals surface area (Å²) in [6, 6.07) is 9.80. The van der Waals surface area contributed by atoms with Crippen LogP contribution in [0.1, 0.15) is 24.5 Å². The van der Waals surface area contributed by atoms with Crippen LogP contribution in [0, 0.1) is 0 Å². The number of fused-ring (bicyclic) bond motifs is 1. The molecule has 4 rings (SSSR count). The Hall–Kier alpha value is -2.34. The third-order valence-corrected chi connectivity index (χ3v) is 4.86. The molecule has 0 spiro atoms. The van der Waals surface area contributed by atoms with Crippen molar-refractivity contribution in [2.45, 2.75) is 18.8 Å². The third-order valence-electron chi connectivity index (χ3n) is 4.86. The number of aromatic amines is 1. The number of piperidine rings is 1. The van der Waals surface area contributed by atoms with Gasteiger partial charge in [0.1, 0.15) is 12.4 Å². The fourth-order valence-corrected chi connectivity index (χ4v) is 3.65. The Labute approximate surface area is 141 Å². The predicted molar refractivity (Wildman–Crippen MR) is 91.3 cm³/mol. The molecule has 1 aromatic carbocycles. The zero-order valence-corrected chi connectivity index (χ0v) is 13.6. The van der Waals surface area contributed by atoms with E-state index in [1.54, 1.807) is 6.20 Å². The molecule has 3 heterocycles. The molecule has 2 aliphatic rings. The van der Waals surface area contributed by atoms with E-state index in [1.165, 1.54) is 5.69 Å². The van der Waals surface area contributed by atoms with Gasteiger partial charge in [-0.05, 0) is 37.6 Å². The lowest BCUT2D eigenvalue weighted by atomic mass is 9.95. The summed E-state index contributed by atoms with van der Waals surface area (Å²) in [5.74, 6) is 1.38. The van der Waals surface area contributed by atoms with Crippen LogP contribution in [0.25, 0.3) is 0 Å². The van der Waals surface area contributed by atoms with Crippen LogP contribution < -0.4 is 9.64 Å². The Balaban J connectivity index is 1.43. The van der Waals surface area contributed by atoms with Gasteiger partial charge >= 0.3 is 0 Å². The highest BCUT2D eigenvalue weighted by molar-refractivity contribution is 5.96. The van der Waals surface area contributed by atoms with Gasteiger partial charge in [0.25, 0.3) is 0 Å². The lowest BCUT2D eigenvalue weighted by molar-refractivity contribution is -0.120. The summed E-state index contributed by atoms with van der Waals surface area (Å²) < 4.78 is 5.64. The van der Waals surface area contributed by atoms with Crippen molar-refractivity contribution in [2.75, 3.05) is 37.7 Å². The number of ether oxygens (including phenoxy) is 1. The Morgan fingerprint density at radius 3 is 3.08 bits per heavy atom. The fraction of sp³-hybridized carbons (Fsp3) is 0.444. The normalized spacial score (nSPS) is 21.2. The summed E-state index contributed by atoms with van der Waals surface area (Å²) in [6.07, 6.45) is 4.05. The van der Waals surface area contributed by atoms with Gasteiger partial charge in [0.05, 0.1) is 18.8 Å². The molecule has 2 aromatic rings. The molecule has 0 radical (unpaired) electrons. The topological polar surface area (TPSA) is 61.5 Å². The number of likely N-dealkylation sites (tertiary alicyclic amines) is 1. The first kappa shape index (κ1) is 15.2. The number of anilines is 1. The third kappa shape index (κ3) is 3.01. The van der Waals surface area contributed by atoms with Crippen molar-refractivity contribution in [3.05, 3.63) is 42.2 Å². The molecular formula is C18H22N4O2. The number of H-pyrrole nitrogens is 1. The van der Waals surface area contributed by atoms with Crippen molar-refractivity contribution >= 4 is 11.6 Å². The van der Waals surface area contributed by atoms with E-state index in [0.29, 0.717) is 25.6 Å². The first-order valence-electron chi connectivity index (χ1n) is 8.55. The number of nitrogens with one attached hydrogen (secondary N) is 1. The predicted octanol–water partition coefficient (Wildman–Crippen LogP) is 2.01. The first-order chi connectivity index (χ1) is 11.8. The van der Waals surface area contributed by atoms with Crippen LogP contribution in [-0.2, 0) is 4.79 Å². The number of carbonyl (C=O) groups is 1. The molecule has 0 bridgehead atoms. The van der Waals surface area contributed by atoms with E-state index in [4.69, 9.17) is 4.74 Å². The van der Waals surface area contributed by atoms with Gasteiger partial charge in [-0.1, -0.05) is 12.1 Å². The average Bonchev–Trinajstić information content (AvgIpc) is 3.16. The summed E-state index contributed by atoms with van der Waals surface area (Å²) >= 11 is 0. The van der Waals surface area contributed by atoms with Gasteiger partial charge in [-0.3, -0.25) is 14.8 Å². The van der Waals surface area contributed by atoms with Gasteiger partial charge in [-0.2, -0.15) is 5.10 Å². The van der Waals surface area contributed by atoms with E-state index in [2.05, 4.69) is 15.1 Å². The van der Waals surface area contributed by atoms with E-state index in [-0.39, 0.29) is 5.91 Å². The zero-order chi connectivity index (χ0) is 16.4. The number of nitrogens with zero attached hydrogens (tertiary/aromatic N) is 3. The zero-order valence-electron chi connectivity index (χ0n) is 13.6. The maximum atomic E-state index is 12.8. The molecule has 1 amide bonds. The van der Waals surface area contributed by atoms with Gasteiger partial charge in [-0.15, -0.1) is 0 Å². The molecule has 0 saturated carbocycles. The van der Waals surface area contributed by atoms with Gasteiger partial charge in [0.2, 0.25) is 5.91 Å². The lowest BCUT2D eigenvalue weighted by Gasteiger charge is -2.35. The van der Waals surface area contributed by atoms with Crippen molar-refractivity contribution in [3.63, 3.8) is 0 Å². The smallest absolute Gasteiger partial charge is 0.241 e. The van der Waals surface area contributed by atoms with Gasteiger partial charge in [-0.25, -0.2) is 0 Å². The maximum absolute atomic E-state index is 12.8. The number of amides is 1. The molecule has 1 aromatic heterocycles. The van der Waals surface area contributed by atoms with Crippen molar-refractivity contribution < 1.29 is 9.53 Å². The second-order valence-corrected chi connectivity index (χ2v) is 6.45. The Bertz CT molecular complexity index is 701. The standard InChI is InChI=1S/C18H22N4O2/c23-18(22-10-11-24-17-6-2-1-5-16(17)22)13-21-9-3-4-14(12-21)15-7-8-19-20-15/h1-2,5-8,14H,3-4,9-13H2,(H,19,20)/t14-/m1/s1. The summed E-state index contributed by atoms with van der Waals surface area (Å²) in [5, 5.41) is 7.12. The van der Waals surface area contributed by atoms with Crippen LogP contribution in [0.3, 0.4) is 0 Å². The maximum Gasteiger partial charge on any atom is 0.241 e. The lowest BCUT2D eigenvalue weighted by Crippen LogP contribution is -2.46. The summed E-state index contributed by atoms with van der Waals surface area (Å²) in [7, 11) is 0. The van der Waals surface area contributed by atoms with E-state index in [9.17, 15) is 4.79 Å². The number of rotatable bonds is 3. The van der Waals surface area contributed by atoms with Crippen LogP contribution >= 0.6 is 0 Å². The number of para-hydroxylation sites is 2. The van der Waals surface area contributed by atoms with Crippen molar-refractivity contribution in [3.8, 4) is 5.75 Å². The minimum absolute atomic E-state index is 0.149. The van der Waals surface area contributed by atoms with Crippen molar-refractivity contribution in [1.29, 1.82) is 0 Å². The Morgan fingerprint density at radius 2 is 2.21 bits per heavy atom. The largest absolute Gasteiger partial charge is 0.490 e. The Kier molecular flexibility index (Phi) is 4.21. The molecule has 1 fully saturated rings. The Morgan fingerprint density at radius 1 is 1.29 bits per heavy atom. The molecule has 24 heavy (non-hydrogen) atoms. The molecule has 2 aliphatic heterocycles. The number of hydrogen-bond donors (Lipinski definition) is 1. The van der Waals surface area contributed by atoms with Crippen LogP contribution in [0.4, 0.5) is 5.69 Å². The van der Waals surface area contributed by atoms with Crippen LogP contribution in [0.2, 0.25) is 0 Å². The molecule has 0 unspecified atom stereocenters. The van der Waals surface area contributed by atoms with Crippen LogP contribution in [0.5, 0.6) is 5.75 Å². The molecule has 0 aliphatic carbocycles. The highest BCUT2D eigenvalue weighted by Gasteiger charge is 2.28. The fourth-order valence-electron chi connectivity index (χ4n) is 3.65. The second-order valence-electron chi connectivity index (χ2n) is 6.45. The van der Waals surface area contributed by atoms with Crippen molar-refractivity contribution in [1.82, 2.24) is 15.1 Å². The molecule has 6 heteroatoms. The summed E-state index contributed by atoms with van der Waals surface area (Å²) in [4.78, 5) is 16.9.